The normalized spacial score (nSPS) is 10.6. The molecule has 0 fully saturated rings. The molecular formula is C9H9Cl5N2. The van der Waals surface area contributed by atoms with Gasteiger partial charge < -0.3 is 11.1 Å². The van der Waals surface area contributed by atoms with Crippen molar-refractivity contribution in [1.82, 2.24) is 0 Å². The molecule has 0 saturated heterocycles. The number of hydrogen-bond donors (Lipinski definition) is 2. The molecular weight excluding hydrogens is 313 g/mol. The molecule has 0 amide bonds. The van der Waals surface area contributed by atoms with Crippen molar-refractivity contribution in [3.05, 3.63) is 25.1 Å². The van der Waals surface area contributed by atoms with E-state index in [0.717, 1.165) is 6.42 Å². The van der Waals surface area contributed by atoms with E-state index in [1.165, 1.54) is 0 Å². The Morgan fingerprint density at radius 2 is 1.25 bits per heavy atom. The first-order chi connectivity index (χ1) is 7.50. The zero-order valence-corrected chi connectivity index (χ0v) is 11.9. The predicted octanol–water partition coefficient (Wildman–Crippen LogP) is 4.71. The Morgan fingerprint density at radius 3 is 1.69 bits per heavy atom. The summed E-state index contributed by atoms with van der Waals surface area (Å²) in [5.41, 5.74) is 5.86. The SMILES string of the molecule is NCCCNc1c(Cl)c(Cl)c(Cl)c(Cl)c1Cl. The first-order valence-corrected chi connectivity index (χ1v) is 6.35. The number of halogens is 5. The molecule has 0 bridgehead atoms. The van der Waals surface area contributed by atoms with Gasteiger partial charge in [-0.2, -0.15) is 0 Å². The van der Waals surface area contributed by atoms with Crippen molar-refractivity contribution >= 4 is 63.7 Å². The second-order valence-corrected chi connectivity index (χ2v) is 4.90. The van der Waals surface area contributed by atoms with Gasteiger partial charge in [0.2, 0.25) is 0 Å². The molecule has 1 aromatic carbocycles. The fourth-order valence-corrected chi connectivity index (χ4v) is 2.35. The van der Waals surface area contributed by atoms with Crippen LogP contribution in [0.3, 0.4) is 0 Å². The topological polar surface area (TPSA) is 38.0 Å². The van der Waals surface area contributed by atoms with Gasteiger partial charge in [0.1, 0.15) is 0 Å². The van der Waals surface area contributed by atoms with Gasteiger partial charge in [0.05, 0.1) is 30.8 Å². The van der Waals surface area contributed by atoms with Crippen LogP contribution < -0.4 is 11.1 Å². The molecule has 0 unspecified atom stereocenters. The first kappa shape index (κ1) is 14.5. The molecule has 0 atom stereocenters. The minimum absolute atomic E-state index is 0.155. The summed E-state index contributed by atoms with van der Waals surface area (Å²) in [5.74, 6) is 0. The Hall–Kier alpha value is 0.430. The molecule has 0 radical (unpaired) electrons. The predicted molar refractivity (Wildman–Crippen MR) is 73.7 cm³/mol. The van der Waals surface area contributed by atoms with E-state index < -0.39 is 0 Å². The Kier molecular flexibility index (Phi) is 5.78. The van der Waals surface area contributed by atoms with Gasteiger partial charge in [-0.3, -0.25) is 0 Å². The van der Waals surface area contributed by atoms with E-state index in [1.807, 2.05) is 0 Å². The van der Waals surface area contributed by atoms with E-state index in [9.17, 15) is 0 Å². The number of rotatable bonds is 4. The molecule has 2 nitrogen and oxygen atoms in total. The highest BCUT2D eigenvalue weighted by atomic mass is 35.5. The standard InChI is InChI=1S/C9H9Cl5N2/c10-4-5(11)7(13)9(8(14)6(4)12)16-3-1-2-15/h16H,1-3,15H2. The van der Waals surface area contributed by atoms with E-state index in [-0.39, 0.29) is 25.1 Å². The van der Waals surface area contributed by atoms with Crippen LogP contribution in [0.5, 0.6) is 0 Å². The minimum atomic E-state index is 0.155. The molecule has 7 heteroatoms. The lowest BCUT2D eigenvalue weighted by Gasteiger charge is -2.13. The fourth-order valence-electron chi connectivity index (χ4n) is 1.08. The summed E-state index contributed by atoms with van der Waals surface area (Å²) in [7, 11) is 0. The van der Waals surface area contributed by atoms with Gasteiger partial charge in [-0.05, 0) is 13.0 Å². The van der Waals surface area contributed by atoms with Gasteiger partial charge in [0.25, 0.3) is 0 Å². The number of nitrogens with one attached hydrogen (secondary N) is 1. The van der Waals surface area contributed by atoms with Gasteiger partial charge in [-0.1, -0.05) is 58.0 Å². The van der Waals surface area contributed by atoms with Gasteiger partial charge in [0.15, 0.2) is 0 Å². The van der Waals surface area contributed by atoms with E-state index in [1.54, 1.807) is 0 Å². The largest absolute Gasteiger partial charge is 0.382 e. The van der Waals surface area contributed by atoms with Crippen LogP contribution in [0.4, 0.5) is 5.69 Å². The van der Waals surface area contributed by atoms with Crippen LogP contribution in [-0.4, -0.2) is 13.1 Å². The van der Waals surface area contributed by atoms with E-state index in [2.05, 4.69) is 5.32 Å². The summed E-state index contributed by atoms with van der Waals surface area (Å²) in [5, 5.41) is 4.08. The van der Waals surface area contributed by atoms with Gasteiger partial charge in [0, 0.05) is 6.54 Å². The van der Waals surface area contributed by atoms with Crippen molar-refractivity contribution in [3.8, 4) is 0 Å². The number of benzene rings is 1. The Labute approximate surface area is 119 Å². The third-order valence-corrected chi connectivity index (χ3v) is 4.17. The van der Waals surface area contributed by atoms with Crippen molar-refractivity contribution < 1.29 is 0 Å². The summed E-state index contributed by atoms with van der Waals surface area (Å²) >= 11 is 29.6. The molecule has 90 valence electrons. The third kappa shape index (κ3) is 3.00. The van der Waals surface area contributed by atoms with E-state index in [4.69, 9.17) is 63.7 Å². The molecule has 0 aliphatic heterocycles. The van der Waals surface area contributed by atoms with Gasteiger partial charge in [-0.15, -0.1) is 0 Å². The molecule has 0 aliphatic carbocycles. The highest BCUT2D eigenvalue weighted by molar-refractivity contribution is 6.56. The maximum absolute atomic E-state index is 6.00. The second kappa shape index (κ2) is 6.39. The number of hydrogen-bond acceptors (Lipinski definition) is 2. The molecule has 1 aromatic rings. The lowest BCUT2D eigenvalue weighted by atomic mass is 10.3. The highest BCUT2D eigenvalue weighted by Gasteiger charge is 2.18. The van der Waals surface area contributed by atoms with Gasteiger partial charge >= 0.3 is 0 Å². The summed E-state index contributed by atoms with van der Waals surface area (Å²) in [4.78, 5) is 0. The highest BCUT2D eigenvalue weighted by Crippen LogP contribution is 2.46. The van der Waals surface area contributed by atoms with E-state index in [0.29, 0.717) is 18.8 Å². The van der Waals surface area contributed by atoms with Crippen LogP contribution in [0.25, 0.3) is 0 Å². The van der Waals surface area contributed by atoms with Crippen LogP contribution in [0, 0.1) is 0 Å². The zero-order chi connectivity index (χ0) is 12.3. The Bertz CT molecular complexity index is 365. The fraction of sp³-hybridized carbons (Fsp3) is 0.333. The molecule has 16 heavy (non-hydrogen) atoms. The van der Waals surface area contributed by atoms with Crippen LogP contribution in [-0.2, 0) is 0 Å². The monoisotopic (exact) mass is 320 g/mol. The van der Waals surface area contributed by atoms with Crippen LogP contribution >= 0.6 is 58.0 Å². The smallest absolute Gasteiger partial charge is 0.0855 e. The molecule has 0 aromatic heterocycles. The zero-order valence-electron chi connectivity index (χ0n) is 8.09. The van der Waals surface area contributed by atoms with Gasteiger partial charge in [-0.25, -0.2) is 0 Å². The number of nitrogens with two attached hydrogens (primary N) is 1. The van der Waals surface area contributed by atoms with Crippen molar-refractivity contribution in [3.63, 3.8) is 0 Å². The van der Waals surface area contributed by atoms with E-state index >= 15 is 0 Å². The second-order valence-electron chi connectivity index (χ2n) is 3.01. The first-order valence-electron chi connectivity index (χ1n) is 4.46. The summed E-state index contributed by atoms with van der Waals surface area (Å²) < 4.78 is 0. The molecule has 1 rings (SSSR count). The molecule has 0 aliphatic rings. The molecule has 0 spiro atoms. The van der Waals surface area contributed by atoms with Crippen LogP contribution in [0.1, 0.15) is 6.42 Å². The van der Waals surface area contributed by atoms with Crippen molar-refractivity contribution in [2.75, 3.05) is 18.4 Å². The average Bonchev–Trinajstić information content (AvgIpc) is 2.28. The lowest BCUT2D eigenvalue weighted by Crippen LogP contribution is -2.09. The summed E-state index contributed by atoms with van der Waals surface area (Å²) in [6.45, 7) is 1.20. The summed E-state index contributed by atoms with van der Waals surface area (Å²) in [6.07, 6.45) is 0.782. The third-order valence-electron chi connectivity index (χ3n) is 1.89. The maximum Gasteiger partial charge on any atom is 0.0855 e. The molecule has 0 saturated carbocycles. The molecule has 3 N–H and O–H groups in total. The quantitative estimate of drug-likeness (QED) is 0.478. The minimum Gasteiger partial charge on any atom is -0.382 e. The van der Waals surface area contributed by atoms with Crippen molar-refractivity contribution in [2.45, 2.75) is 6.42 Å². The molecule has 0 heterocycles. The maximum atomic E-state index is 6.00. The van der Waals surface area contributed by atoms with Crippen molar-refractivity contribution in [2.24, 2.45) is 5.73 Å². The Balaban J connectivity index is 3.08. The lowest BCUT2D eigenvalue weighted by molar-refractivity contribution is 0.874. The van der Waals surface area contributed by atoms with Crippen LogP contribution in [0.2, 0.25) is 25.1 Å². The average molecular weight is 322 g/mol. The van der Waals surface area contributed by atoms with Crippen molar-refractivity contribution in [1.29, 1.82) is 0 Å². The Morgan fingerprint density at radius 1 is 0.812 bits per heavy atom. The van der Waals surface area contributed by atoms with Crippen LogP contribution in [0.15, 0.2) is 0 Å². The summed E-state index contributed by atoms with van der Waals surface area (Å²) in [6, 6.07) is 0. The number of anilines is 1.